The molecule has 0 radical (unpaired) electrons. The van der Waals surface area contributed by atoms with Crippen LogP contribution in [0.3, 0.4) is 0 Å². The van der Waals surface area contributed by atoms with Crippen LogP contribution >= 0.6 is 0 Å². The van der Waals surface area contributed by atoms with Crippen LogP contribution in [0.1, 0.15) is 76.1 Å². The minimum absolute atomic E-state index is 0.195. The monoisotopic (exact) mass is 489 g/mol. The predicted molar refractivity (Wildman–Crippen MR) is 129 cm³/mol. The summed E-state index contributed by atoms with van der Waals surface area (Å²) in [6.07, 6.45) is 2.46. The fourth-order valence-electron chi connectivity index (χ4n) is 3.44. The number of nitrogens with one attached hydrogen (secondary N) is 2. The van der Waals surface area contributed by atoms with E-state index >= 15 is 0 Å². The lowest BCUT2D eigenvalue weighted by Crippen LogP contribution is -2.42. The Balaban J connectivity index is 2.70. The third-order valence-corrected chi connectivity index (χ3v) is 5.23. The molecule has 0 aromatic heterocycles. The fraction of sp³-hybridized carbons (Fsp3) is 0.520. The van der Waals surface area contributed by atoms with Crippen LogP contribution in [0.2, 0.25) is 0 Å². The predicted octanol–water partition coefficient (Wildman–Crippen LogP) is 2.61. The van der Waals surface area contributed by atoms with E-state index in [-0.39, 0.29) is 48.5 Å². The first-order chi connectivity index (χ1) is 16.6. The highest BCUT2D eigenvalue weighted by Gasteiger charge is 2.26. The number of methoxy groups -OCH3 is 1. The average Bonchev–Trinajstić information content (AvgIpc) is 2.80. The number of hydrogen-bond donors (Lipinski definition) is 2. The number of ether oxygens (including phenoxy) is 1. The molecular formula is C25H35N3O7. The smallest absolute Gasteiger partial charge is 0.328 e. The molecule has 10 heteroatoms. The molecule has 0 heterocycles. The number of carbonyl (C=O) groups excluding carboxylic acids is 6. The maximum absolute atomic E-state index is 12.9. The van der Waals surface area contributed by atoms with Gasteiger partial charge in [-0.25, -0.2) is 4.79 Å². The summed E-state index contributed by atoms with van der Waals surface area (Å²) < 4.78 is 4.71. The Bertz CT molecular complexity index is 915. The van der Waals surface area contributed by atoms with Gasteiger partial charge in [-0.3, -0.25) is 28.9 Å². The van der Waals surface area contributed by atoms with Crippen molar-refractivity contribution in [1.29, 1.82) is 0 Å². The average molecular weight is 490 g/mol. The summed E-state index contributed by atoms with van der Waals surface area (Å²) in [5.74, 6) is -2.42. The topological polar surface area (TPSA) is 139 Å². The van der Waals surface area contributed by atoms with E-state index in [4.69, 9.17) is 4.74 Å². The number of hydrogen-bond acceptors (Lipinski definition) is 7. The van der Waals surface area contributed by atoms with Crippen molar-refractivity contribution in [3.63, 3.8) is 0 Å². The van der Waals surface area contributed by atoms with Crippen molar-refractivity contribution in [3.05, 3.63) is 29.8 Å². The molecule has 0 aliphatic heterocycles. The van der Waals surface area contributed by atoms with E-state index in [0.717, 1.165) is 4.90 Å². The van der Waals surface area contributed by atoms with Crippen LogP contribution in [0.25, 0.3) is 0 Å². The second-order valence-corrected chi connectivity index (χ2v) is 8.11. The lowest BCUT2D eigenvalue weighted by molar-refractivity contribution is -0.145. The van der Waals surface area contributed by atoms with Crippen molar-refractivity contribution in [2.75, 3.05) is 19.0 Å². The van der Waals surface area contributed by atoms with Crippen LogP contribution in [0.5, 0.6) is 0 Å². The summed E-state index contributed by atoms with van der Waals surface area (Å²) in [5.41, 5.74) is 0.531. The Kier molecular flexibility index (Phi) is 12.9. The molecule has 10 nitrogen and oxygen atoms in total. The van der Waals surface area contributed by atoms with E-state index in [9.17, 15) is 28.8 Å². The maximum Gasteiger partial charge on any atom is 0.328 e. The molecule has 1 aromatic rings. The molecule has 35 heavy (non-hydrogen) atoms. The van der Waals surface area contributed by atoms with Crippen molar-refractivity contribution >= 4 is 41.1 Å². The number of amides is 4. The van der Waals surface area contributed by atoms with Gasteiger partial charge in [0.15, 0.2) is 5.78 Å². The van der Waals surface area contributed by atoms with E-state index in [1.165, 1.54) is 27.0 Å². The lowest BCUT2D eigenvalue weighted by Gasteiger charge is -2.17. The number of para-hydroxylation sites is 1. The van der Waals surface area contributed by atoms with Crippen molar-refractivity contribution < 1.29 is 33.5 Å². The summed E-state index contributed by atoms with van der Waals surface area (Å²) in [6, 6.07) is 5.32. The van der Waals surface area contributed by atoms with Gasteiger partial charge in [0.2, 0.25) is 23.6 Å². The van der Waals surface area contributed by atoms with Crippen LogP contribution in [-0.2, 0) is 28.7 Å². The minimum atomic E-state index is -1.13. The van der Waals surface area contributed by atoms with Crippen molar-refractivity contribution in [2.45, 2.75) is 71.8 Å². The Hall–Kier alpha value is -3.56. The number of nitrogens with zero attached hydrogens (tertiary/aromatic N) is 1. The molecule has 1 unspecified atom stereocenters. The van der Waals surface area contributed by atoms with E-state index in [2.05, 4.69) is 10.6 Å². The molecule has 0 aliphatic rings. The van der Waals surface area contributed by atoms with Gasteiger partial charge >= 0.3 is 5.97 Å². The second-order valence-electron chi connectivity index (χ2n) is 8.11. The van der Waals surface area contributed by atoms with Crippen LogP contribution in [0.15, 0.2) is 24.3 Å². The second kappa shape index (κ2) is 15.4. The van der Waals surface area contributed by atoms with Gasteiger partial charge in [-0.2, -0.15) is 0 Å². The Morgan fingerprint density at radius 1 is 0.914 bits per heavy atom. The molecule has 0 spiro atoms. The zero-order chi connectivity index (χ0) is 26.4. The highest BCUT2D eigenvalue weighted by molar-refractivity contribution is 6.06. The summed E-state index contributed by atoms with van der Waals surface area (Å²) in [4.78, 5) is 73.3. The maximum atomic E-state index is 12.9. The van der Waals surface area contributed by atoms with Crippen molar-refractivity contribution in [2.24, 2.45) is 0 Å². The third kappa shape index (κ3) is 10.5. The molecule has 0 saturated carbocycles. The Labute approximate surface area is 205 Å². The number of benzene rings is 1. The molecule has 0 aliphatic carbocycles. The number of anilines is 1. The van der Waals surface area contributed by atoms with Gasteiger partial charge in [0.05, 0.1) is 12.8 Å². The fourth-order valence-corrected chi connectivity index (χ4v) is 3.44. The molecule has 0 saturated heterocycles. The highest BCUT2D eigenvalue weighted by atomic mass is 16.5. The number of imide groups is 1. The SMILES string of the molecule is CCCC(=O)NC(CC(=O)c1ccccc1NC(=O)CCCCCN(C(C)=O)C(C)=O)C(=O)OC. The van der Waals surface area contributed by atoms with Gasteiger partial charge in [0.1, 0.15) is 6.04 Å². The molecule has 192 valence electrons. The van der Waals surface area contributed by atoms with Gasteiger partial charge in [-0.05, 0) is 31.4 Å². The van der Waals surface area contributed by atoms with Crippen molar-refractivity contribution in [1.82, 2.24) is 10.2 Å². The molecule has 0 fully saturated rings. The summed E-state index contributed by atoms with van der Waals surface area (Å²) in [5, 5.41) is 5.25. The Morgan fingerprint density at radius 3 is 2.17 bits per heavy atom. The van der Waals surface area contributed by atoms with E-state index < -0.39 is 17.8 Å². The van der Waals surface area contributed by atoms with E-state index in [1.807, 2.05) is 6.92 Å². The van der Waals surface area contributed by atoms with Gasteiger partial charge in [0, 0.05) is 45.2 Å². The van der Waals surface area contributed by atoms with E-state index in [0.29, 0.717) is 37.9 Å². The van der Waals surface area contributed by atoms with Gasteiger partial charge in [-0.15, -0.1) is 0 Å². The number of unbranched alkanes of at least 4 members (excludes halogenated alkanes) is 2. The Morgan fingerprint density at radius 2 is 1.57 bits per heavy atom. The van der Waals surface area contributed by atoms with Crippen LogP contribution in [-0.4, -0.2) is 60.0 Å². The van der Waals surface area contributed by atoms with Crippen molar-refractivity contribution in [3.8, 4) is 0 Å². The largest absolute Gasteiger partial charge is 0.467 e. The molecule has 2 N–H and O–H groups in total. The van der Waals surface area contributed by atoms with Gasteiger partial charge in [0.25, 0.3) is 0 Å². The first-order valence-corrected chi connectivity index (χ1v) is 11.7. The van der Waals surface area contributed by atoms with Crippen LogP contribution < -0.4 is 10.6 Å². The molecular weight excluding hydrogens is 454 g/mol. The van der Waals surface area contributed by atoms with Crippen LogP contribution in [0, 0.1) is 0 Å². The molecule has 0 bridgehead atoms. The number of rotatable bonds is 14. The lowest BCUT2D eigenvalue weighted by atomic mass is 10.0. The summed E-state index contributed by atoms with van der Waals surface area (Å²) >= 11 is 0. The molecule has 1 aromatic carbocycles. The normalized spacial score (nSPS) is 11.2. The molecule has 4 amide bonds. The number of Topliss-reactive ketones (excluding diaryl/α,β-unsaturated/α-hetero) is 1. The zero-order valence-corrected chi connectivity index (χ0v) is 20.8. The standard InChI is InChI=1S/C25H35N3O7/c1-5-11-23(32)27-21(25(34)35-4)16-22(31)19-12-8-9-13-20(19)26-24(33)14-7-6-10-15-28(17(2)29)18(3)30/h8-9,12-13,21H,5-7,10-11,14-16H2,1-4H3,(H,26,33)(H,27,32). The van der Waals surface area contributed by atoms with Gasteiger partial charge < -0.3 is 15.4 Å². The zero-order valence-electron chi connectivity index (χ0n) is 20.8. The minimum Gasteiger partial charge on any atom is -0.467 e. The van der Waals surface area contributed by atoms with Gasteiger partial charge in [-0.1, -0.05) is 25.5 Å². The number of carbonyl (C=O) groups is 6. The van der Waals surface area contributed by atoms with Crippen LogP contribution in [0.4, 0.5) is 5.69 Å². The third-order valence-electron chi connectivity index (χ3n) is 5.23. The van der Waals surface area contributed by atoms with E-state index in [1.54, 1.807) is 18.2 Å². The molecule has 1 rings (SSSR count). The first-order valence-electron chi connectivity index (χ1n) is 11.7. The number of ketones is 1. The summed E-state index contributed by atoms with van der Waals surface area (Å²) in [6.45, 7) is 4.80. The number of esters is 1. The quantitative estimate of drug-likeness (QED) is 0.233. The highest BCUT2D eigenvalue weighted by Crippen LogP contribution is 2.19. The first kappa shape index (κ1) is 29.5. The molecule has 1 atom stereocenters. The summed E-state index contributed by atoms with van der Waals surface area (Å²) in [7, 11) is 1.18.